The Morgan fingerprint density at radius 2 is 1.85 bits per heavy atom. The first-order chi connectivity index (χ1) is 12.7. The predicted octanol–water partition coefficient (Wildman–Crippen LogP) is 3.21. The molecule has 0 saturated carbocycles. The van der Waals surface area contributed by atoms with E-state index in [1.807, 2.05) is 30.3 Å². The van der Waals surface area contributed by atoms with Gasteiger partial charge in [0.15, 0.2) is 5.65 Å². The van der Waals surface area contributed by atoms with Gasteiger partial charge in [0.2, 0.25) is 0 Å². The number of amides is 1. The molecule has 4 aromatic rings. The van der Waals surface area contributed by atoms with Gasteiger partial charge >= 0.3 is 0 Å². The number of benzene rings is 1. The minimum atomic E-state index is -0.227. The van der Waals surface area contributed by atoms with Gasteiger partial charge in [-0.1, -0.05) is 30.3 Å². The molecule has 0 atom stereocenters. The number of aryl methyl sites for hydroxylation is 1. The lowest BCUT2D eigenvalue weighted by Crippen LogP contribution is -2.13. The minimum Gasteiger partial charge on any atom is -0.307 e. The van der Waals surface area contributed by atoms with Crippen LogP contribution in [0.5, 0.6) is 0 Å². The highest BCUT2D eigenvalue weighted by atomic mass is 16.1. The summed E-state index contributed by atoms with van der Waals surface area (Å²) in [5.74, 6) is 0.298. The number of carbonyl (C=O) groups excluding carboxylic acids is 1. The molecule has 0 radical (unpaired) electrons. The second-order valence-corrected chi connectivity index (χ2v) is 6.03. The van der Waals surface area contributed by atoms with Crippen molar-refractivity contribution < 1.29 is 4.79 Å². The van der Waals surface area contributed by atoms with Crippen LogP contribution < -0.4 is 5.32 Å². The Labute approximate surface area is 150 Å². The molecule has 1 N–H and O–H groups in total. The highest BCUT2D eigenvalue weighted by Crippen LogP contribution is 2.18. The van der Waals surface area contributed by atoms with Crippen LogP contribution in [0.3, 0.4) is 0 Å². The Morgan fingerprint density at radius 3 is 2.69 bits per heavy atom. The summed E-state index contributed by atoms with van der Waals surface area (Å²) in [6, 6.07) is 15.7. The van der Waals surface area contributed by atoms with Crippen LogP contribution in [0.4, 0.5) is 5.82 Å². The lowest BCUT2D eigenvalue weighted by molar-refractivity contribution is 0.102. The zero-order valence-corrected chi connectivity index (χ0v) is 14.3. The van der Waals surface area contributed by atoms with Crippen molar-refractivity contribution in [2.75, 3.05) is 5.32 Å². The van der Waals surface area contributed by atoms with E-state index in [4.69, 9.17) is 0 Å². The Bertz CT molecular complexity index is 1070. The van der Waals surface area contributed by atoms with Gasteiger partial charge in [-0.05, 0) is 35.7 Å². The van der Waals surface area contributed by atoms with Gasteiger partial charge in [-0.3, -0.25) is 9.48 Å². The average molecular weight is 343 g/mol. The summed E-state index contributed by atoms with van der Waals surface area (Å²) in [6.45, 7) is 0. The SMILES string of the molecule is Cn1ncc2c(C(=O)Nc3cc(Cc4ccccc4)ccn3)ccnc21. The molecule has 128 valence electrons. The van der Waals surface area contributed by atoms with Gasteiger partial charge in [-0.25, -0.2) is 9.97 Å². The number of aromatic nitrogens is 4. The molecule has 0 fully saturated rings. The van der Waals surface area contributed by atoms with Gasteiger partial charge in [-0.2, -0.15) is 5.10 Å². The number of hydrogen-bond acceptors (Lipinski definition) is 4. The molecule has 1 aromatic carbocycles. The molecule has 3 aromatic heterocycles. The average Bonchev–Trinajstić information content (AvgIpc) is 3.04. The number of anilines is 1. The fraction of sp³-hybridized carbons (Fsp3) is 0.100. The molecule has 1 amide bonds. The smallest absolute Gasteiger partial charge is 0.257 e. The first kappa shape index (κ1) is 16.0. The van der Waals surface area contributed by atoms with Crippen LogP contribution in [0.15, 0.2) is 67.1 Å². The van der Waals surface area contributed by atoms with E-state index in [9.17, 15) is 4.79 Å². The van der Waals surface area contributed by atoms with Crippen LogP contribution >= 0.6 is 0 Å². The number of rotatable bonds is 4. The largest absolute Gasteiger partial charge is 0.307 e. The normalized spacial score (nSPS) is 10.8. The first-order valence-corrected chi connectivity index (χ1v) is 8.27. The van der Waals surface area contributed by atoms with Gasteiger partial charge in [0, 0.05) is 19.4 Å². The fourth-order valence-electron chi connectivity index (χ4n) is 2.91. The number of pyridine rings is 2. The molecule has 0 unspecified atom stereocenters. The molecule has 0 aliphatic rings. The van der Waals surface area contributed by atoms with Crippen LogP contribution in [0.25, 0.3) is 11.0 Å². The zero-order chi connectivity index (χ0) is 17.9. The maximum Gasteiger partial charge on any atom is 0.257 e. The molecular formula is C20H17N5O. The molecule has 0 aliphatic carbocycles. The van der Waals surface area contributed by atoms with E-state index in [2.05, 4.69) is 32.5 Å². The summed E-state index contributed by atoms with van der Waals surface area (Å²) in [5, 5.41) is 7.75. The monoisotopic (exact) mass is 343 g/mol. The summed E-state index contributed by atoms with van der Waals surface area (Å²) in [6.07, 6.45) is 5.75. The highest BCUT2D eigenvalue weighted by Gasteiger charge is 2.14. The molecule has 6 nitrogen and oxygen atoms in total. The number of nitrogens with one attached hydrogen (secondary N) is 1. The van der Waals surface area contributed by atoms with Crippen molar-refractivity contribution in [3.63, 3.8) is 0 Å². The molecule has 6 heteroatoms. The van der Waals surface area contributed by atoms with Crippen molar-refractivity contribution in [2.24, 2.45) is 7.05 Å². The van der Waals surface area contributed by atoms with E-state index in [0.29, 0.717) is 22.4 Å². The number of nitrogens with zero attached hydrogens (tertiary/aromatic N) is 4. The van der Waals surface area contributed by atoms with Crippen LogP contribution in [0, 0.1) is 0 Å². The van der Waals surface area contributed by atoms with Gasteiger partial charge in [-0.15, -0.1) is 0 Å². The topological polar surface area (TPSA) is 72.7 Å². The molecule has 4 rings (SSSR count). The molecule has 0 spiro atoms. The van der Waals surface area contributed by atoms with E-state index in [-0.39, 0.29) is 5.91 Å². The highest BCUT2D eigenvalue weighted by molar-refractivity contribution is 6.11. The predicted molar refractivity (Wildman–Crippen MR) is 99.9 cm³/mol. The third kappa shape index (κ3) is 3.17. The van der Waals surface area contributed by atoms with E-state index < -0.39 is 0 Å². The second kappa shape index (κ2) is 6.76. The van der Waals surface area contributed by atoms with E-state index in [1.165, 1.54) is 5.56 Å². The maximum absolute atomic E-state index is 12.7. The summed E-state index contributed by atoms with van der Waals surface area (Å²) < 4.78 is 1.64. The molecular weight excluding hydrogens is 326 g/mol. The second-order valence-electron chi connectivity index (χ2n) is 6.03. The summed E-state index contributed by atoms with van der Waals surface area (Å²) >= 11 is 0. The molecule has 3 heterocycles. The maximum atomic E-state index is 12.7. The molecule has 0 bridgehead atoms. The summed E-state index contributed by atoms with van der Waals surface area (Å²) in [5.41, 5.74) is 3.49. The third-order valence-electron chi connectivity index (χ3n) is 4.20. The van der Waals surface area contributed by atoms with Crippen molar-refractivity contribution in [1.82, 2.24) is 19.7 Å². The van der Waals surface area contributed by atoms with Crippen molar-refractivity contribution in [1.29, 1.82) is 0 Å². The van der Waals surface area contributed by atoms with Gasteiger partial charge in [0.25, 0.3) is 5.91 Å². The van der Waals surface area contributed by atoms with Crippen LogP contribution in [-0.4, -0.2) is 25.7 Å². The Hall–Kier alpha value is -3.54. The number of carbonyl (C=O) groups is 1. The Balaban J connectivity index is 1.57. The third-order valence-corrected chi connectivity index (χ3v) is 4.20. The first-order valence-electron chi connectivity index (χ1n) is 8.27. The number of fused-ring (bicyclic) bond motifs is 1. The minimum absolute atomic E-state index is 0.227. The summed E-state index contributed by atoms with van der Waals surface area (Å²) in [4.78, 5) is 21.2. The lowest BCUT2D eigenvalue weighted by atomic mass is 10.1. The van der Waals surface area contributed by atoms with Crippen LogP contribution in [0.1, 0.15) is 21.5 Å². The van der Waals surface area contributed by atoms with Gasteiger partial charge in [0.05, 0.1) is 17.1 Å². The quantitative estimate of drug-likeness (QED) is 0.617. The van der Waals surface area contributed by atoms with Gasteiger partial charge < -0.3 is 5.32 Å². The zero-order valence-electron chi connectivity index (χ0n) is 14.3. The lowest BCUT2D eigenvalue weighted by Gasteiger charge is -2.07. The van der Waals surface area contributed by atoms with Crippen LogP contribution in [0.2, 0.25) is 0 Å². The molecule has 26 heavy (non-hydrogen) atoms. The summed E-state index contributed by atoms with van der Waals surface area (Å²) in [7, 11) is 1.80. The van der Waals surface area contributed by atoms with E-state index in [1.54, 1.807) is 36.4 Å². The molecule has 0 aliphatic heterocycles. The van der Waals surface area contributed by atoms with E-state index in [0.717, 1.165) is 12.0 Å². The van der Waals surface area contributed by atoms with E-state index >= 15 is 0 Å². The van der Waals surface area contributed by atoms with Crippen molar-refractivity contribution in [3.8, 4) is 0 Å². The van der Waals surface area contributed by atoms with Crippen molar-refractivity contribution >= 4 is 22.8 Å². The fourth-order valence-corrected chi connectivity index (χ4v) is 2.91. The van der Waals surface area contributed by atoms with Crippen LogP contribution in [-0.2, 0) is 13.5 Å². The standard InChI is InChI=1S/C20H17N5O/c1-25-19-17(13-23-25)16(8-10-22-19)20(26)24-18-12-15(7-9-21-18)11-14-5-3-2-4-6-14/h2-10,12-13H,11H2,1H3,(H,21,24,26). The van der Waals surface area contributed by atoms with Crippen molar-refractivity contribution in [2.45, 2.75) is 6.42 Å². The Kier molecular flexibility index (Phi) is 4.15. The van der Waals surface area contributed by atoms with Crippen molar-refractivity contribution in [3.05, 3.63) is 83.8 Å². The Morgan fingerprint density at radius 1 is 1.04 bits per heavy atom. The number of hydrogen-bond donors (Lipinski definition) is 1. The van der Waals surface area contributed by atoms with Gasteiger partial charge in [0.1, 0.15) is 5.82 Å². The molecule has 0 saturated heterocycles.